The second kappa shape index (κ2) is 4.12. The minimum absolute atomic E-state index is 0.225. The van der Waals surface area contributed by atoms with E-state index in [1.54, 1.807) is 10.6 Å². The summed E-state index contributed by atoms with van der Waals surface area (Å²) in [6, 6.07) is 5.62. The van der Waals surface area contributed by atoms with E-state index in [0.29, 0.717) is 11.7 Å². The SMILES string of the molecule is Cc1ccc(F)c(-n2cc(C)nc2NC2CC2)c1. The molecule has 0 amide bonds. The first kappa shape index (κ1) is 11.3. The number of nitrogens with one attached hydrogen (secondary N) is 1. The molecule has 94 valence electrons. The van der Waals surface area contributed by atoms with Gasteiger partial charge in [-0.25, -0.2) is 9.37 Å². The molecule has 0 radical (unpaired) electrons. The summed E-state index contributed by atoms with van der Waals surface area (Å²) in [5, 5.41) is 3.34. The molecule has 1 aliphatic rings. The molecule has 2 aromatic rings. The monoisotopic (exact) mass is 245 g/mol. The van der Waals surface area contributed by atoms with Gasteiger partial charge in [-0.3, -0.25) is 4.57 Å². The molecule has 3 rings (SSSR count). The van der Waals surface area contributed by atoms with Crippen LogP contribution in [0.4, 0.5) is 10.3 Å². The van der Waals surface area contributed by atoms with Crippen LogP contribution in [0.25, 0.3) is 5.69 Å². The van der Waals surface area contributed by atoms with Gasteiger partial charge >= 0.3 is 0 Å². The first-order valence-electron chi connectivity index (χ1n) is 6.22. The van der Waals surface area contributed by atoms with Crippen LogP contribution in [0.1, 0.15) is 24.1 Å². The Labute approximate surface area is 106 Å². The number of anilines is 1. The molecule has 0 saturated heterocycles. The van der Waals surface area contributed by atoms with Crippen molar-refractivity contribution < 1.29 is 4.39 Å². The Morgan fingerprint density at radius 3 is 2.83 bits per heavy atom. The Kier molecular flexibility index (Phi) is 2.58. The number of nitrogens with zero attached hydrogens (tertiary/aromatic N) is 2. The van der Waals surface area contributed by atoms with Gasteiger partial charge in [0.15, 0.2) is 0 Å². The Morgan fingerprint density at radius 1 is 1.33 bits per heavy atom. The summed E-state index contributed by atoms with van der Waals surface area (Å²) in [6.07, 6.45) is 4.20. The molecular weight excluding hydrogens is 229 g/mol. The van der Waals surface area contributed by atoms with Crippen LogP contribution in [0.5, 0.6) is 0 Å². The van der Waals surface area contributed by atoms with Crippen LogP contribution in [0.15, 0.2) is 24.4 Å². The quantitative estimate of drug-likeness (QED) is 0.900. The average Bonchev–Trinajstić information content (AvgIpc) is 3.05. The smallest absolute Gasteiger partial charge is 0.208 e. The highest BCUT2D eigenvalue weighted by atomic mass is 19.1. The van der Waals surface area contributed by atoms with E-state index in [1.807, 2.05) is 26.1 Å². The van der Waals surface area contributed by atoms with Crippen LogP contribution in [0.2, 0.25) is 0 Å². The molecule has 1 N–H and O–H groups in total. The van der Waals surface area contributed by atoms with Gasteiger partial charge in [0.25, 0.3) is 0 Å². The first-order valence-corrected chi connectivity index (χ1v) is 6.22. The van der Waals surface area contributed by atoms with Crippen molar-refractivity contribution >= 4 is 5.95 Å². The van der Waals surface area contributed by atoms with E-state index in [9.17, 15) is 4.39 Å². The zero-order valence-corrected chi connectivity index (χ0v) is 10.6. The van der Waals surface area contributed by atoms with Crippen LogP contribution in [-0.2, 0) is 0 Å². The molecule has 18 heavy (non-hydrogen) atoms. The van der Waals surface area contributed by atoms with Crippen LogP contribution >= 0.6 is 0 Å². The lowest BCUT2D eigenvalue weighted by Crippen LogP contribution is -2.08. The molecule has 1 fully saturated rings. The Morgan fingerprint density at radius 2 is 2.11 bits per heavy atom. The molecular formula is C14H16FN3. The average molecular weight is 245 g/mol. The lowest BCUT2D eigenvalue weighted by molar-refractivity contribution is 0.618. The molecule has 1 aromatic carbocycles. The van der Waals surface area contributed by atoms with E-state index in [2.05, 4.69) is 10.3 Å². The highest BCUT2D eigenvalue weighted by Crippen LogP contribution is 2.27. The van der Waals surface area contributed by atoms with Crippen molar-refractivity contribution in [1.29, 1.82) is 0 Å². The van der Waals surface area contributed by atoms with Crippen LogP contribution in [0.3, 0.4) is 0 Å². The van der Waals surface area contributed by atoms with Gasteiger partial charge in [0.05, 0.1) is 11.4 Å². The number of aryl methyl sites for hydroxylation is 2. The predicted octanol–water partition coefficient (Wildman–Crippen LogP) is 3.20. The number of halogens is 1. The van der Waals surface area contributed by atoms with E-state index >= 15 is 0 Å². The van der Waals surface area contributed by atoms with E-state index in [0.717, 1.165) is 17.2 Å². The van der Waals surface area contributed by atoms with Gasteiger partial charge < -0.3 is 5.32 Å². The fourth-order valence-electron chi connectivity index (χ4n) is 2.00. The minimum atomic E-state index is -0.225. The zero-order valence-electron chi connectivity index (χ0n) is 10.6. The molecule has 0 unspecified atom stereocenters. The lowest BCUT2D eigenvalue weighted by Gasteiger charge is -2.10. The molecule has 0 atom stereocenters. The van der Waals surface area contributed by atoms with E-state index in [-0.39, 0.29) is 5.82 Å². The molecule has 4 heteroatoms. The molecule has 1 aromatic heterocycles. The van der Waals surface area contributed by atoms with Crippen LogP contribution < -0.4 is 5.32 Å². The number of hydrogen-bond donors (Lipinski definition) is 1. The normalized spacial score (nSPS) is 14.8. The van der Waals surface area contributed by atoms with Gasteiger partial charge in [-0.1, -0.05) is 6.07 Å². The molecule has 3 nitrogen and oxygen atoms in total. The van der Waals surface area contributed by atoms with E-state index in [1.165, 1.54) is 18.9 Å². The summed E-state index contributed by atoms with van der Waals surface area (Å²) in [5.41, 5.74) is 2.48. The second-order valence-corrected chi connectivity index (χ2v) is 4.95. The fourth-order valence-corrected chi connectivity index (χ4v) is 2.00. The maximum absolute atomic E-state index is 13.9. The first-order chi connectivity index (χ1) is 8.63. The number of benzene rings is 1. The second-order valence-electron chi connectivity index (χ2n) is 4.95. The van der Waals surface area contributed by atoms with Crippen molar-refractivity contribution in [3.05, 3.63) is 41.5 Å². The number of rotatable bonds is 3. The predicted molar refractivity (Wildman–Crippen MR) is 69.6 cm³/mol. The molecule has 1 saturated carbocycles. The van der Waals surface area contributed by atoms with Crippen molar-refractivity contribution in [2.45, 2.75) is 32.7 Å². The van der Waals surface area contributed by atoms with E-state index in [4.69, 9.17) is 0 Å². The highest BCUT2D eigenvalue weighted by Gasteiger charge is 2.23. The maximum atomic E-state index is 13.9. The minimum Gasteiger partial charge on any atom is -0.353 e. The van der Waals surface area contributed by atoms with Crippen LogP contribution in [-0.4, -0.2) is 15.6 Å². The topological polar surface area (TPSA) is 29.9 Å². The van der Waals surface area contributed by atoms with Gasteiger partial charge in [-0.05, 0) is 44.4 Å². The van der Waals surface area contributed by atoms with Crippen molar-refractivity contribution in [3.8, 4) is 5.69 Å². The number of imidazole rings is 1. The van der Waals surface area contributed by atoms with Gasteiger partial charge in [0, 0.05) is 12.2 Å². The maximum Gasteiger partial charge on any atom is 0.208 e. The Hall–Kier alpha value is -1.84. The van der Waals surface area contributed by atoms with E-state index < -0.39 is 0 Å². The van der Waals surface area contributed by atoms with Gasteiger partial charge in [0.2, 0.25) is 5.95 Å². The molecule has 1 heterocycles. The molecule has 1 aliphatic carbocycles. The summed E-state index contributed by atoms with van der Waals surface area (Å²) < 4.78 is 15.7. The Balaban J connectivity index is 2.06. The highest BCUT2D eigenvalue weighted by molar-refractivity contribution is 5.46. The van der Waals surface area contributed by atoms with Crippen molar-refractivity contribution in [3.63, 3.8) is 0 Å². The van der Waals surface area contributed by atoms with Crippen molar-refractivity contribution in [2.75, 3.05) is 5.32 Å². The number of hydrogen-bond acceptors (Lipinski definition) is 2. The molecule has 0 aliphatic heterocycles. The largest absolute Gasteiger partial charge is 0.353 e. The summed E-state index contributed by atoms with van der Waals surface area (Å²) in [4.78, 5) is 4.42. The molecule has 0 spiro atoms. The third-order valence-corrected chi connectivity index (χ3v) is 3.10. The standard InChI is InChI=1S/C14H16FN3/c1-9-3-6-12(15)13(7-9)18-8-10(2)16-14(18)17-11-4-5-11/h3,6-8,11H,4-5H2,1-2H3,(H,16,17). The van der Waals surface area contributed by atoms with Crippen LogP contribution in [0, 0.1) is 19.7 Å². The summed E-state index contributed by atoms with van der Waals surface area (Å²) in [6.45, 7) is 3.88. The van der Waals surface area contributed by atoms with Crippen molar-refractivity contribution in [2.24, 2.45) is 0 Å². The zero-order chi connectivity index (χ0) is 12.7. The Bertz CT molecular complexity index is 585. The third kappa shape index (κ3) is 2.10. The third-order valence-electron chi connectivity index (χ3n) is 3.10. The van der Waals surface area contributed by atoms with Gasteiger partial charge in [-0.15, -0.1) is 0 Å². The number of aromatic nitrogens is 2. The summed E-state index contributed by atoms with van der Waals surface area (Å²) in [7, 11) is 0. The lowest BCUT2D eigenvalue weighted by atomic mass is 10.2. The van der Waals surface area contributed by atoms with Crippen molar-refractivity contribution in [1.82, 2.24) is 9.55 Å². The summed E-state index contributed by atoms with van der Waals surface area (Å²) in [5.74, 6) is 0.511. The van der Waals surface area contributed by atoms with Gasteiger partial charge in [0.1, 0.15) is 5.82 Å². The van der Waals surface area contributed by atoms with Gasteiger partial charge in [-0.2, -0.15) is 0 Å². The fraction of sp³-hybridized carbons (Fsp3) is 0.357. The summed E-state index contributed by atoms with van der Waals surface area (Å²) >= 11 is 0. The molecule has 0 bridgehead atoms.